The summed E-state index contributed by atoms with van der Waals surface area (Å²) in [6.45, 7) is 7.11. The highest BCUT2D eigenvalue weighted by atomic mass is 16.5. The van der Waals surface area contributed by atoms with Gasteiger partial charge in [-0.2, -0.15) is 0 Å². The summed E-state index contributed by atoms with van der Waals surface area (Å²) < 4.78 is 5.44. The highest BCUT2D eigenvalue weighted by molar-refractivity contribution is 5.74. The van der Waals surface area contributed by atoms with E-state index in [1.807, 2.05) is 24.3 Å². The number of nitrogen functional groups attached to an aromatic ring is 1. The quantitative estimate of drug-likeness (QED) is 0.492. The Morgan fingerprint density at radius 2 is 1.97 bits per heavy atom. The van der Waals surface area contributed by atoms with Gasteiger partial charge in [0.1, 0.15) is 11.6 Å². The number of aromatic hydroxyl groups is 1. The first kappa shape index (κ1) is 25.7. The minimum Gasteiger partial charge on any atom is -0.507 e. The van der Waals surface area contributed by atoms with Crippen LogP contribution in [0.3, 0.4) is 0 Å². The largest absolute Gasteiger partial charge is 0.507 e. The molecule has 2 saturated heterocycles. The van der Waals surface area contributed by atoms with Crippen LogP contribution < -0.4 is 15.5 Å². The van der Waals surface area contributed by atoms with Crippen molar-refractivity contribution in [2.75, 3.05) is 61.9 Å². The number of nitrogens with zero attached hydrogens (tertiary/aromatic N) is 7. The molecular weight excluding hydrogens is 480 g/mol. The van der Waals surface area contributed by atoms with Crippen molar-refractivity contribution in [3.63, 3.8) is 0 Å². The molecule has 3 aromatic rings. The first-order valence-corrected chi connectivity index (χ1v) is 13.0. The predicted molar refractivity (Wildman–Crippen MR) is 148 cm³/mol. The van der Waals surface area contributed by atoms with Gasteiger partial charge in [-0.3, -0.25) is 4.90 Å². The van der Waals surface area contributed by atoms with Gasteiger partial charge in [-0.25, -0.2) is 9.97 Å². The van der Waals surface area contributed by atoms with Crippen molar-refractivity contribution in [3.05, 3.63) is 48.4 Å². The molecule has 198 valence electrons. The third-order valence-corrected chi connectivity index (χ3v) is 7.28. The molecule has 2 atom stereocenters. The minimum absolute atomic E-state index is 0.162. The van der Waals surface area contributed by atoms with Gasteiger partial charge in [-0.05, 0) is 50.0 Å². The van der Waals surface area contributed by atoms with Crippen LogP contribution in [0.15, 0.2) is 42.6 Å². The number of likely N-dealkylation sites (tertiary alicyclic amines) is 1. The number of phenolic OH excluding ortho intramolecular Hbond substituents is 1. The lowest BCUT2D eigenvalue weighted by Crippen LogP contribution is -2.35. The van der Waals surface area contributed by atoms with E-state index in [1.165, 1.54) is 0 Å². The lowest BCUT2D eigenvalue weighted by atomic mass is 10.1. The van der Waals surface area contributed by atoms with Gasteiger partial charge < -0.3 is 25.4 Å². The maximum absolute atomic E-state index is 10.3. The molecule has 0 saturated carbocycles. The molecule has 1 aromatic carbocycles. The summed E-state index contributed by atoms with van der Waals surface area (Å²) in [5, 5.41) is 18.7. The Morgan fingerprint density at radius 1 is 1.11 bits per heavy atom. The molecule has 0 unspecified atom stereocenters. The number of aromatic nitrogens is 4. The number of anilines is 3. The number of benzene rings is 1. The van der Waals surface area contributed by atoms with Crippen LogP contribution in [0.1, 0.15) is 25.6 Å². The van der Waals surface area contributed by atoms with Gasteiger partial charge in [0.05, 0.1) is 24.0 Å². The van der Waals surface area contributed by atoms with Crippen molar-refractivity contribution in [1.82, 2.24) is 25.1 Å². The number of rotatable bonds is 5. The first-order valence-electron chi connectivity index (χ1n) is 13.0. The van der Waals surface area contributed by atoms with Crippen LogP contribution >= 0.6 is 0 Å². The van der Waals surface area contributed by atoms with Crippen LogP contribution in [0.5, 0.6) is 5.75 Å². The Labute approximate surface area is 223 Å². The average Bonchev–Trinajstić information content (AvgIpc) is 3.31. The predicted octanol–water partition coefficient (Wildman–Crippen LogP) is 2.40. The van der Waals surface area contributed by atoms with Crippen molar-refractivity contribution in [1.29, 1.82) is 0 Å². The standard InChI is InChI=1S/C28H34N8O2/c1-20-10-15-35(24-18-23(32-33-28(24)29)22-6-3-4-7-25(22)37)16-17-36(20)27-9-12-30-26(31-27)8-5-13-34-14-11-21(19-34)38-2/h3-4,6-7,9,12,18,20-21,37H,10-11,13-17,19H2,1-2H3,(H2,29,33)/t20-,21-/m1/s1. The Balaban J connectivity index is 1.28. The Morgan fingerprint density at radius 3 is 2.79 bits per heavy atom. The summed E-state index contributed by atoms with van der Waals surface area (Å²) in [4.78, 5) is 16.0. The van der Waals surface area contributed by atoms with E-state index < -0.39 is 0 Å². The molecule has 0 spiro atoms. The summed E-state index contributed by atoms with van der Waals surface area (Å²) >= 11 is 0. The number of methoxy groups -OCH3 is 1. The van der Waals surface area contributed by atoms with E-state index >= 15 is 0 Å². The molecule has 0 amide bonds. The zero-order valence-corrected chi connectivity index (χ0v) is 21.9. The second-order valence-corrected chi connectivity index (χ2v) is 9.76. The van der Waals surface area contributed by atoms with Gasteiger partial charge >= 0.3 is 0 Å². The van der Waals surface area contributed by atoms with E-state index in [0.29, 0.717) is 35.5 Å². The fourth-order valence-electron chi connectivity index (χ4n) is 5.04. The maximum atomic E-state index is 10.3. The molecular formula is C28H34N8O2. The molecule has 2 fully saturated rings. The lowest BCUT2D eigenvalue weighted by Gasteiger charge is -2.28. The third-order valence-electron chi connectivity index (χ3n) is 7.28. The molecule has 0 bridgehead atoms. The molecule has 3 N–H and O–H groups in total. The van der Waals surface area contributed by atoms with E-state index in [4.69, 9.17) is 15.5 Å². The molecule has 10 nitrogen and oxygen atoms in total. The van der Waals surface area contributed by atoms with Crippen molar-refractivity contribution in [2.45, 2.75) is 31.9 Å². The number of hydrogen-bond donors (Lipinski definition) is 2. The van der Waals surface area contributed by atoms with E-state index in [-0.39, 0.29) is 11.8 Å². The number of para-hydroxylation sites is 1. The number of hydrogen-bond acceptors (Lipinski definition) is 10. The highest BCUT2D eigenvalue weighted by Crippen LogP contribution is 2.32. The fraction of sp³-hybridized carbons (Fsp3) is 0.429. The minimum atomic E-state index is 0.162. The van der Waals surface area contributed by atoms with Crippen LogP contribution in [0.2, 0.25) is 0 Å². The van der Waals surface area contributed by atoms with Gasteiger partial charge in [0, 0.05) is 57.6 Å². The SMILES string of the molecule is CO[C@@H]1CCN(CC#Cc2nccc(N3CCN(c4cc(-c5ccccc5O)nnc4N)CC[C@H]3C)n2)C1. The van der Waals surface area contributed by atoms with Gasteiger partial charge in [-0.1, -0.05) is 18.1 Å². The topological polar surface area (TPSA) is 117 Å². The van der Waals surface area contributed by atoms with Crippen LogP contribution in [0.25, 0.3) is 11.3 Å². The first-order chi connectivity index (χ1) is 18.5. The van der Waals surface area contributed by atoms with Crippen LogP contribution in [-0.4, -0.2) is 88.7 Å². The van der Waals surface area contributed by atoms with Gasteiger partial charge in [0.15, 0.2) is 5.82 Å². The Hall–Kier alpha value is -3.94. The zero-order valence-electron chi connectivity index (χ0n) is 21.9. The molecule has 5 rings (SSSR count). The molecule has 4 heterocycles. The molecule has 0 radical (unpaired) electrons. The van der Waals surface area contributed by atoms with Crippen molar-refractivity contribution in [2.24, 2.45) is 0 Å². The van der Waals surface area contributed by atoms with Crippen molar-refractivity contribution in [3.8, 4) is 28.8 Å². The van der Waals surface area contributed by atoms with E-state index in [0.717, 1.165) is 57.1 Å². The van der Waals surface area contributed by atoms with Crippen molar-refractivity contribution < 1.29 is 9.84 Å². The van der Waals surface area contributed by atoms with Crippen LogP contribution in [0, 0.1) is 11.8 Å². The highest BCUT2D eigenvalue weighted by Gasteiger charge is 2.25. The summed E-state index contributed by atoms with van der Waals surface area (Å²) in [6, 6.07) is 11.2. The third kappa shape index (κ3) is 5.79. The lowest BCUT2D eigenvalue weighted by molar-refractivity contribution is 0.110. The van der Waals surface area contributed by atoms with Crippen LogP contribution in [-0.2, 0) is 4.74 Å². The van der Waals surface area contributed by atoms with E-state index in [9.17, 15) is 5.11 Å². The molecule has 2 aliphatic heterocycles. The van der Waals surface area contributed by atoms with E-state index in [1.54, 1.807) is 25.4 Å². The van der Waals surface area contributed by atoms with E-state index in [2.05, 4.69) is 48.6 Å². The molecule has 0 aliphatic carbocycles. The summed E-state index contributed by atoms with van der Waals surface area (Å²) in [5.41, 5.74) is 8.29. The van der Waals surface area contributed by atoms with Gasteiger partial charge in [0.2, 0.25) is 5.82 Å². The van der Waals surface area contributed by atoms with Crippen molar-refractivity contribution >= 4 is 17.3 Å². The normalized spacial score (nSPS) is 20.2. The Kier molecular flexibility index (Phi) is 7.86. The Bertz CT molecular complexity index is 1320. The average molecular weight is 515 g/mol. The van der Waals surface area contributed by atoms with Gasteiger partial charge in [-0.15, -0.1) is 10.2 Å². The number of nitrogens with two attached hydrogens (primary N) is 1. The smallest absolute Gasteiger partial charge is 0.206 e. The maximum Gasteiger partial charge on any atom is 0.206 e. The number of ether oxygens (including phenoxy) is 1. The van der Waals surface area contributed by atoms with Gasteiger partial charge in [0.25, 0.3) is 0 Å². The fourth-order valence-corrected chi connectivity index (χ4v) is 5.04. The summed E-state index contributed by atoms with van der Waals surface area (Å²) in [6.07, 6.45) is 4.04. The van der Waals surface area contributed by atoms with Crippen LogP contribution in [0.4, 0.5) is 17.3 Å². The summed E-state index contributed by atoms with van der Waals surface area (Å²) in [7, 11) is 1.76. The molecule has 10 heteroatoms. The zero-order chi connectivity index (χ0) is 26.5. The summed E-state index contributed by atoms with van der Waals surface area (Å²) in [5.74, 6) is 8.31. The molecule has 38 heavy (non-hydrogen) atoms. The second-order valence-electron chi connectivity index (χ2n) is 9.76. The molecule has 2 aliphatic rings. The monoisotopic (exact) mass is 514 g/mol. The molecule has 2 aromatic heterocycles. The number of phenols is 1. The second kappa shape index (κ2) is 11.6.